The monoisotopic (exact) mass is 308 g/mol. The van der Waals surface area contributed by atoms with Crippen LogP contribution < -0.4 is 11.1 Å². The van der Waals surface area contributed by atoms with Crippen molar-refractivity contribution in [2.24, 2.45) is 0 Å². The molecule has 1 aliphatic carbocycles. The van der Waals surface area contributed by atoms with Crippen molar-refractivity contribution in [3.63, 3.8) is 0 Å². The van der Waals surface area contributed by atoms with Crippen molar-refractivity contribution in [3.05, 3.63) is 51.2 Å². The molecular formula is C15H14F2N2OS. The molecule has 3 N–H and O–H groups in total. The molecule has 1 aromatic carbocycles. The molecule has 1 heterocycles. The molecular weight excluding hydrogens is 294 g/mol. The highest BCUT2D eigenvalue weighted by molar-refractivity contribution is 7.10. The number of amides is 1. The molecule has 6 heteroatoms. The van der Waals surface area contributed by atoms with Crippen LogP contribution in [0.25, 0.3) is 0 Å². The first-order valence-corrected chi connectivity index (χ1v) is 7.56. The predicted octanol–water partition coefficient (Wildman–Crippen LogP) is 3.42. The number of anilines is 1. The van der Waals surface area contributed by atoms with Crippen LogP contribution >= 0.6 is 11.3 Å². The molecule has 0 saturated carbocycles. The van der Waals surface area contributed by atoms with Crippen molar-refractivity contribution in [1.29, 1.82) is 0 Å². The van der Waals surface area contributed by atoms with Gasteiger partial charge in [-0.05, 0) is 42.3 Å². The minimum absolute atomic E-state index is 0.127. The average Bonchev–Trinajstić information content (AvgIpc) is 2.92. The van der Waals surface area contributed by atoms with Gasteiger partial charge in [0.1, 0.15) is 11.6 Å². The van der Waals surface area contributed by atoms with Crippen molar-refractivity contribution in [2.75, 3.05) is 5.73 Å². The van der Waals surface area contributed by atoms with Gasteiger partial charge in [-0.3, -0.25) is 4.79 Å². The Bertz CT molecular complexity index is 699. The quantitative estimate of drug-likeness (QED) is 0.835. The van der Waals surface area contributed by atoms with E-state index in [4.69, 9.17) is 5.73 Å². The topological polar surface area (TPSA) is 55.1 Å². The third kappa shape index (κ3) is 2.63. The molecule has 0 saturated heterocycles. The molecule has 3 rings (SSSR count). The summed E-state index contributed by atoms with van der Waals surface area (Å²) in [5.41, 5.74) is 6.03. The second-order valence-electron chi connectivity index (χ2n) is 5.07. The van der Waals surface area contributed by atoms with Crippen LogP contribution in [0, 0.1) is 11.6 Å². The van der Waals surface area contributed by atoms with Crippen LogP contribution in [0.3, 0.4) is 0 Å². The zero-order valence-electron chi connectivity index (χ0n) is 11.2. The SMILES string of the molecule is Nc1cc(C(=O)NC2CCCc3sccc32)c(F)cc1F. The van der Waals surface area contributed by atoms with Gasteiger partial charge in [-0.25, -0.2) is 8.78 Å². The highest BCUT2D eigenvalue weighted by atomic mass is 32.1. The maximum atomic E-state index is 13.7. The summed E-state index contributed by atoms with van der Waals surface area (Å²) in [6.07, 6.45) is 2.80. The summed E-state index contributed by atoms with van der Waals surface area (Å²) in [5, 5.41) is 4.81. The molecule has 1 unspecified atom stereocenters. The number of carbonyl (C=O) groups is 1. The second-order valence-corrected chi connectivity index (χ2v) is 6.07. The van der Waals surface area contributed by atoms with E-state index in [0.29, 0.717) is 6.07 Å². The number of thiophene rings is 1. The smallest absolute Gasteiger partial charge is 0.254 e. The van der Waals surface area contributed by atoms with Crippen LogP contribution in [0.4, 0.5) is 14.5 Å². The van der Waals surface area contributed by atoms with Gasteiger partial charge in [-0.15, -0.1) is 11.3 Å². The normalized spacial score (nSPS) is 17.3. The standard InChI is InChI=1S/C15H14F2N2OS/c16-10-7-11(17)12(18)6-9(10)15(20)19-13-2-1-3-14-8(13)4-5-21-14/h4-7,13H,1-3,18H2,(H,19,20). The van der Waals surface area contributed by atoms with Gasteiger partial charge in [0, 0.05) is 10.9 Å². The zero-order valence-corrected chi connectivity index (χ0v) is 12.0. The molecule has 21 heavy (non-hydrogen) atoms. The van der Waals surface area contributed by atoms with Gasteiger partial charge in [-0.1, -0.05) is 0 Å². The summed E-state index contributed by atoms with van der Waals surface area (Å²) in [4.78, 5) is 13.5. The van der Waals surface area contributed by atoms with E-state index < -0.39 is 17.5 Å². The Morgan fingerprint density at radius 1 is 1.33 bits per heavy atom. The second kappa shape index (κ2) is 5.44. The lowest BCUT2D eigenvalue weighted by Gasteiger charge is -2.23. The first kappa shape index (κ1) is 14.0. The highest BCUT2D eigenvalue weighted by Crippen LogP contribution is 2.33. The third-order valence-corrected chi connectivity index (χ3v) is 4.68. The van der Waals surface area contributed by atoms with Crippen molar-refractivity contribution in [1.82, 2.24) is 5.32 Å². The Labute approximate surface area is 124 Å². The molecule has 1 amide bonds. The molecule has 3 nitrogen and oxygen atoms in total. The van der Waals surface area contributed by atoms with E-state index in [1.807, 2.05) is 11.4 Å². The van der Waals surface area contributed by atoms with Crippen molar-refractivity contribution < 1.29 is 13.6 Å². The van der Waals surface area contributed by atoms with E-state index in [1.54, 1.807) is 11.3 Å². The van der Waals surface area contributed by atoms with Gasteiger partial charge in [0.25, 0.3) is 5.91 Å². The molecule has 0 radical (unpaired) electrons. The summed E-state index contributed by atoms with van der Waals surface area (Å²) >= 11 is 1.66. The molecule has 1 atom stereocenters. The Morgan fingerprint density at radius 2 is 2.14 bits per heavy atom. The van der Waals surface area contributed by atoms with Crippen LogP contribution in [-0.2, 0) is 6.42 Å². The average molecular weight is 308 g/mol. The Balaban J connectivity index is 1.84. The number of nitrogen functional groups attached to an aromatic ring is 1. The van der Waals surface area contributed by atoms with Crippen LogP contribution in [0.15, 0.2) is 23.6 Å². The molecule has 0 fully saturated rings. The highest BCUT2D eigenvalue weighted by Gasteiger charge is 2.24. The summed E-state index contributed by atoms with van der Waals surface area (Å²) < 4.78 is 26.9. The summed E-state index contributed by atoms with van der Waals surface area (Å²) in [6, 6.07) is 3.54. The lowest BCUT2D eigenvalue weighted by atomic mass is 9.94. The summed E-state index contributed by atoms with van der Waals surface area (Å²) in [7, 11) is 0. The Kier molecular flexibility index (Phi) is 3.63. The molecule has 1 aliphatic rings. The fourth-order valence-electron chi connectivity index (χ4n) is 2.61. The Morgan fingerprint density at radius 3 is 2.95 bits per heavy atom. The maximum Gasteiger partial charge on any atom is 0.254 e. The number of fused-ring (bicyclic) bond motifs is 1. The minimum atomic E-state index is -0.902. The van der Waals surface area contributed by atoms with Crippen LogP contribution in [0.2, 0.25) is 0 Å². The first-order valence-electron chi connectivity index (χ1n) is 6.68. The lowest BCUT2D eigenvalue weighted by molar-refractivity contribution is 0.0929. The van der Waals surface area contributed by atoms with Gasteiger partial charge in [0.2, 0.25) is 0 Å². The van der Waals surface area contributed by atoms with E-state index in [1.165, 1.54) is 4.88 Å². The Hall–Kier alpha value is -1.95. The van der Waals surface area contributed by atoms with E-state index in [2.05, 4.69) is 5.32 Å². The van der Waals surface area contributed by atoms with Gasteiger partial charge < -0.3 is 11.1 Å². The minimum Gasteiger partial charge on any atom is -0.396 e. The number of rotatable bonds is 2. The number of halogens is 2. The number of hydrogen-bond donors (Lipinski definition) is 2. The number of hydrogen-bond acceptors (Lipinski definition) is 3. The van der Waals surface area contributed by atoms with Gasteiger partial charge in [0.05, 0.1) is 17.3 Å². The number of benzene rings is 1. The fourth-order valence-corrected chi connectivity index (χ4v) is 3.60. The predicted molar refractivity (Wildman–Crippen MR) is 78.2 cm³/mol. The molecule has 0 aliphatic heterocycles. The number of nitrogens with two attached hydrogens (primary N) is 1. The van der Waals surface area contributed by atoms with Gasteiger partial charge >= 0.3 is 0 Å². The van der Waals surface area contributed by atoms with E-state index in [-0.39, 0.29) is 17.3 Å². The number of aryl methyl sites for hydroxylation is 1. The zero-order chi connectivity index (χ0) is 15.0. The molecule has 110 valence electrons. The fraction of sp³-hybridized carbons (Fsp3) is 0.267. The van der Waals surface area contributed by atoms with Crippen molar-refractivity contribution in [3.8, 4) is 0 Å². The van der Waals surface area contributed by atoms with Crippen LogP contribution in [0.5, 0.6) is 0 Å². The first-order chi connectivity index (χ1) is 10.1. The molecule has 0 bridgehead atoms. The number of nitrogens with one attached hydrogen (secondary N) is 1. The molecule has 0 spiro atoms. The van der Waals surface area contributed by atoms with E-state index >= 15 is 0 Å². The summed E-state index contributed by atoms with van der Waals surface area (Å²) in [5.74, 6) is -2.33. The summed E-state index contributed by atoms with van der Waals surface area (Å²) in [6.45, 7) is 0. The molecule has 1 aromatic heterocycles. The van der Waals surface area contributed by atoms with E-state index in [9.17, 15) is 13.6 Å². The lowest BCUT2D eigenvalue weighted by Crippen LogP contribution is -2.31. The third-order valence-electron chi connectivity index (χ3n) is 3.69. The maximum absolute atomic E-state index is 13.7. The molecule has 2 aromatic rings. The van der Waals surface area contributed by atoms with Crippen LogP contribution in [0.1, 0.15) is 39.7 Å². The van der Waals surface area contributed by atoms with Gasteiger partial charge in [0.15, 0.2) is 0 Å². The van der Waals surface area contributed by atoms with Crippen molar-refractivity contribution in [2.45, 2.75) is 25.3 Å². The van der Waals surface area contributed by atoms with Crippen molar-refractivity contribution >= 4 is 22.9 Å². The largest absolute Gasteiger partial charge is 0.396 e. The van der Waals surface area contributed by atoms with E-state index in [0.717, 1.165) is 30.9 Å². The van der Waals surface area contributed by atoms with Gasteiger partial charge in [-0.2, -0.15) is 0 Å². The number of carbonyl (C=O) groups excluding carboxylic acids is 1. The van der Waals surface area contributed by atoms with Crippen LogP contribution in [-0.4, -0.2) is 5.91 Å².